The zero-order valence-corrected chi connectivity index (χ0v) is 10.3. The summed E-state index contributed by atoms with van der Waals surface area (Å²) in [4.78, 5) is 12.2. The second kappa shape index (κ2) is 4.96. The van der Waals surface area contributed by atoms with Gasteiger partial charge in [-0.1, -0.05) is 5.16 Å². The van der Waals surface area contributed by atoms with Gasteiger partial charge in [0.05, 0.1) is 19.1 Å². The van der Waals surface area contributed by atoms with E-state index in [0.29, 0.717) is 11.5 Å². The predicted octanol–water partition coefficient (Wildman–Crippen LogP) is 2.04. The van der Waals surface area contributed by atoms with E-state index < -0.39 is 5.91 Å². The first kappa shape index (κ1) is 12.1. The number of aromatic nitrogens is 1. The van der Waals surface area contributed by atoms with Gasteiger partial charge >= 0.3 is 0 Å². The molecule has 0 saturated carbocycles. The molecule has 0 bridgehead atoms. The lowest BCUT2D eigenvalue weighted by Crippen LogP contribution is -2.23. The van der Waals surface area contributed by atoms with E-state index in [-0.39, 0.29) is 23.7 Å². The minimum atomic E-state index is -0.411. The van der Waals surface area contributed by atoms with Gasteiger partial charge in [0.25, 0.3) is 5.91 Å². The topological polar surface area (TPSA) is 107 Å². The summed E-state index contributed by atoms with van der Waals surface area (Å²) in [5.74, 6) is 0.571. The smallest absolute Gasteiger partial charge is 0.259 e. The highest BCUT2D eigenvalue weighted by atomic mass is 16.5. The molecule has 3 N–H and O–H groups in total. The van der Waals surface area contributed by atoms with E-state index in [2.05, 4.69) is 10.5 Å². The fourth-order valence-electron chi connectivity index (χ4n) is 1.77. The summed E-state index contributed by atoms with van der Waals surface area (Å²) in [6, 6.07) is 6.85. The van der Waals surface area contributed by atoms with Crippen molar-refractivity contribution < 1.29 is 18.2 Å². The van der Waals surface area contributed by atoms with Crippen LogP contribution in [0, 0.1) is 0 Å². The lowest BCUT2D eigenvalue weighted by Gasteiger charge is -2.02. The molecule has 3 heterocycles. The lowest BCUT2D eigenvalue weighted by atomic mass is 10.2. The lowest BCUT2D eigenvalue weighted by molar-refractivity contribution is 0.0949. The monoisotopic (exact) mass is 273 g/mol. The number of anilines is 1. The highest BCUT2D eigenvalue weighted by Gasteiger charge is 2.24. The van der Waals surface area contributed by atoms with Crippen molar-refractivity contribution in [2.45, 2.75) is 6.54 Å². The summed E-state index contributed by atoms with van der Waals surface area (Å²) < 4.78 is 15.2. The Balaban J connectivity index is 1.82. The van der Waals surface area contributed by atoms with Crippen molar-refractivity contribution >= 4 is 11.8 Å². The molecule has 3 aromatic heterocycles. The third-order valence-corrected chi connectivity index (χ3v) is 2.70. The van der Waals surface area contributed by atoms with Crippen LogP contribution in [0.1, 0.15) is 16.1 Å². The van der Waals surface area contributed by atoms with E-state index in [0.717, 1.165) is 0 Å². The summed E-state index contributed by atoms with van der Waals surface area (Å²) >= 11 is 0. The summed E-state index contributed by atoms with van der Waals surface area (Å²) in [7, 11) is 0. The van der Waals surface area contributed by atoms with E-state index in [1.54, 1.807) is 24.3 Å². The van der Waals surface area contributed by atoms with Crippen LogP contribution in [0.15, 0.2) is 50.1 Å². The molecule has 3 aromatic rings. The van der Waals surface area contributed by atoms with Gasteiger partial charge in [-0.05, 0) is 24.3 Å². The Morgan fingerprint density at radius 3 is 2.75 bits per heavy atom. The molecule has 0 aliphatic heterocycles. The molecule has 0 aliphatic carbocycles. The van der Waals surface area contributed by atoms with Crippen molar-refractivity contribution in [1.82, 2.24) is 10.5 Å². The number of nitrogens with one attached hydrogen (secondary N) is 1. The minimum absolute atomic E-state index is 0.0617. The number of nitrogens with zero attached hydrogens (tertiary/aromatic N) is 1. The normalized spacial score (nSPS) is 10.6. The standard InChI is InChI=1S/C13H11N3O4/c14-12-10(11(16-20-12)9-4-2-6-19-9)13(17)15-7-8-3-1-5-18-8/h1-6H,7,14H2,(H,15,17). The van der Waals surface area contributed by atoms with E-state index in [1.807, 2.05) is 0 Å². The molecule has 3 rings (SSSR count). The van der Waals surface area contributed by atoms with Gasteiger partial charge in [-0.25, -0.2) is 0 Å². The Morgan fingerprint density at radius 2 is 2.05 bits per heavy atom. The molecular formula is C13H11N3O4. The average molecular weight is 273 g/mol. The van der Waals surface area contributed by atoms with Crippen LogP contribution < -0.4 is 11.1 Å². The van der Waals surface area contributed by atoms with Gasteiger partial charge in [-0.15, -0.1) is 0 Å². The van der Waals surface area contributed by atoms with Crippen LogP contribution in [-0.4, -0.2) is 11.1 Å². The third-order valence-electron chi connectivity index (χ3n) is 2.70. The summed E-state index contributed by atoms with van der Waals surface area (Å²) in [6.45, 7) is 0.244. The van der Waals surface area contributed by atoms with E-state index in [4.69, 9.17) is 19.1 Å². The van der Waals surface area contributed by atoms with Crippen LogP contribution in [0.25, 0.3) is 11.5 Å². The molecule has 1 amide bonds. The van der Waals surface area contributed by atoms with Crippen LogP contribution in [0.4, 0.5) is 5.88 Å². The van der Waals surface area contributed by atoms with Gasteiger partial charge in [0.15, 0.2) is 11.5 Å². The molecule has 0 fully saturated rings. The van der Waals surface area contributed by atoms with Crippen LogP contribution >= 0.6 is 0 Å². The molecule has 102 valence electrons. The molecule has 0 unspecified atom stereocenters. The van der Waals surface area contributed by atoms with Crippen LogP contribution in [0.5, 0.6) is 0 Å². The molecule has 0 aromatic carbocycles. The van der Waals surface area contributed by atoms with Crippen molar-refractivity contribution in [2.24, 2.45) is 0 Å². The number of nitrogen functional groups attached to an aromatic ring is 1. The Kier molecular flexibility index (Phi) is 3.00. The molecule has 7 nitrogen and oxygen atoms in total. The molecule has 0 atom stereocenters. The Labute approximate surface area is 113 Å². The van der Waals surface area contributed by atoms with Crippen molar-refractivity contribution in [3.8, 4) is 11.5 Å². The van der Waals surface area contributed by atoms with Crippen LogP contribution in [0.2, 0.25) is 0 Å². The maximum Gasteiger partial charge on any atom is 0.259 e. The second-order valence-electron chi connectivity index (χ2n) is 4.01. The molecule has 0 saturated heterocycles. The SMILES string of the molecule is Nc1onc(-c2ccco2)c1C(=O)NCc1ccco1. The number of carbonyl (C=O) groups is 1. The first-order valence-corrected chi connectivity index (χ1v) is 5.85. The van der Waals surface area contributed by atoms with Crippen molar-refractivity contribution in [1.29, 1.82) is 0 Å². The van der Waals surface area contributed by atoms with Crippen molar-refractivity contribution in [3.63, 3.8) is 0 Å². The van der Waals surface area contributed by atoms with Crippen molar-refractivity contribution in [3.05, 3.63) is 48.1 Å². The quantitative estimate of drug-likeness (QED) is 0.753. The summed E-state index contributed by atoms with van der Waals surface area (Å²) in [6.07, 6.45) is 3.01. The fourth-order valence-corrected chi connectivity index (χ4v) is 1.77. The fraction of sp³-hybridized carbons (Fsp3) is 0.0769. The van der Waals surface area contributed by atoms with Gasteiger partial charge < -0.3 is 24.4 Å². The average Bonchev–Trinajstić information content (AvgIpc) is 3.17. The maximum absolute atomic E-state index is 12.2. The molecule has 7 heteroatoms. The first-order valence-electron chi connectivity index (χ1n) is 5.85. The molecule has 0 spiro atoms. The second-order valence-corrected chi connectivity index (χ2v) is 4.01. The molecular weight excluding hydrogens is 262 g/mol. The Bertz CT molecular complexity index is 698. The van der Waals surface area contributed by atoms with Crippen LogP contribution in [-0.2, 0) is 6.54 Å². The van der Waals surface area contributed by atoms with Gasteiger partial charge in [-0.2, -0.15) is 0 Å². The van der Waals surface area contributed by atoms with Gasteiger partial charge in [0, 0.05) is 0 Å². The Morgan fingerprint density at radius 1 is 1.25 bits per heavy atom. The molecule has 0 aliphatic rings. The van der Waals surface area contributed by atoms with Crippen LogP contribution in [0.3, 0.4) is 0 Å². The number of nitrogens with two attached hydrogens (primary N) is 1. The Hall–Kier alpha value is -2.96. The number of furan rings is 2. The first-order chi connectivity index (χ1) is 9.75. The number of rotatable bonds is 4. The van der Waals surface area contributed by atoms with E-state index >= 15 is 0 Å². The molecule has 20 heavy (non-hydrogen) atoms. The maximum atomic E-state index is 12.2. The van der Waals surface area contributed by atoms with Gasteiger partial charge in [0.1, 0.15) is 11.3 Å². The number of carbonyl (C=O) groups excluding carboxylic acids is 1. The summed E-state index contributed by atoms with van der Waals surface area (Å²) in [5, 5.41) is 6.42. The van der Waals surface area contributed by atoms with Gasteiger partial charge in [-0.3, -0.25) is 4.79 Å². The highest BCUT2D eigenvalue weighted by molar-refractivity contribution is 6.03. The van der Waals surface area contributed by atoms with E-state index in [1.165, 1.54) is 12.5 Å². The minimum Gasteiger partial charge on any atom is -0.467 e. The van der Waals surface area contributed by atoms with Gasteiger partial charge in [0.2, 0.25) is 5.88 Å². The number of hydrogen-bond acceptors (Lipinski definition) is 6. The number of amides is 1. The third kappa shape index (κ3) is 2.16. The zero-order chi connectivity index (χ0) is 13.9. The largest absolute Gasteiger partial charge is 0.467 e. The predicted molar refractivity (Wildman–Crippen MR) is 68.5 cm³/mol. The summed E-state index contributed by atoms with van der Waals surface area (Å²) in [5.41, 5.74) is 6.06. The molecule has 0 radical (unpaired) electrons. The highest BCUT2D eigenvalue weighted by Crippen LogP contribution is 2.27. The van der Waals surface area contributed by atoms with Crippen molar-refractivity contribution in [2.75, 3.05) is 5.73 Å². The van der Waals surface area contributed by atoms with E-state index in [9.17, 15) is 4.79 Å². The number of hydrogen-bond donors (Lipinski definition) is 2. The zero-order valence-electron chi connectivity index (χ0n) is 10.3.